The van der Waals surface area contributed by atoms with Crippen LogP contribution in [0, 0.1) is 0 Å². The Balaban J connectivity index is 2.09. The highest BCUT2D eigenvalue weighted by atomic mass is 35.5. The number of aromatic nitrogens is 2. The van der Waals surface area contributed by atoms with Gasteiger partial charge in [-0.05, 0) is 55.7 Å². The molecule has 3 aromatic rings. The lowest BCUT2D eigenvalue weighted by Crippen LogP contribution is -2.11. The van der Waals surface area contributed by atoms with Gasteiger partial charge in [0.2, 0.25) is 0 Å². The number of nitrogens with zero attached hydrogens (tertiary/aromatic N) is 1. The lowest BCUT2D eigenvalue weighted by atomic mass is 9.97. The Morgan fingerprint density at radius 1 is 1.32 bits per heavy atom. The summed E-state index contributed by atoms with van der Waals surface area (Å²) in [5.74, 6) is -0.832. The first-order valence-corrected chi connectivity index (χ1v) is 8.56. The number of aliphatic carboxylic acids is 1. The fourth-order valence-corrected chi connectivity index (χ4v) is 3.09. The van der Waals surface area contributed by atoms with Gasteiger partial charge in [0, 0.05) is 34.1 Å². The van der Waals surface area contributed by atoms with E-state index in [1.54, 1.807) is 6.20 Å². The Bertz CT molecular complexity index is 918. The van der Waals surface area contributed by atoms with E-state index in [0.717, 1.165) is 33.3 Å². The van der Waals surface area contributed by atoms with Gasteiger partial charge >= 0.3 is 5.97 Å². The minimum Gasteiger partial charge on any atom is -0.481 e. The molecule has 0 saturated heterocycles. The zero-order valence-electron chi connectivity index (χ0n) is 14.1. The monoisotopic (exact) mass is 357 g/mol. The summed E-state index contributed by atoms with van der Waals surface area (Å²) < 4.78 is 0. The predicted octanol–water partition coefficient (Wildman–Crippen LogP) is 4.72. The first kappa shape index (κ1) is 17.3. The lowest BCUT2D eigenvalue weighted by Gasteiger charge is -2.18. The summed E-state index contributed by atoms with van der Waals surface area (Å²) in [4.78, 5) is 10.9. The molecule has 6 heteroatoms. The molecule has 0 saturated carbocycles. The van der Waals surface area contributed by atoms with Crippen LogP contribution >= 0.6 is 11.6 Å². The molecule has 0 aliphatic rings. The number of hydrogen-bond donors (Lipinski definition) is 3. The molecule has 1 aromatic heterocycles. The van der Waals surface area contributed by atoms with Gasteiger partial charge in [-0.2, -0.15) is 5.10 Å². The van der Waals surface area contributed by atoms with Crippen molar-refractivity contribution in [2.24, 2.45) is 0 Å². The van der Waals surface area contributed by atoms with Crippen molar-refractivity contribution in [3.05, 3.63) is 47.1 Å². The largest absolute Gasteiger partial charge is 0.481 e. The summed E-state index contributed by atoms with van der Waals surface area (Å²) in [5, 5.41) is 21.0. The number of aromatic amines is 1. The molecule has 3 rings (SSSR count). The molecule has 25 heavy (non-hydrogen) atoms. The smallest absolute Gasteiger partial charge is 0.303 e. The topological polar surface area (TPSA) is 78.0 Å². The van der Waals surface area contributed by atoms with Crippen molar-refractivity contribution < 1.29 is 9.90 Å². The Morgan fingerprint density at radius 2 is 2.12 bits per heavy atom. The van der Waals surface area contributed by atoms with Crippen LogP contribution in [0.25, 0.3) is 22.0 Å². The van der Waals surface area contributed by atoms with Crippen LogP contribution in [-0.2, 0) is 11.2 Å². The Kier molecular flexibility index (Phi) is 4.95. The van der Waals surface area contributed by atoms with Crippen molar-refractivity contribution in [2.75, 3.05) is 5.32 Å². The molecule has 0 aliphatic carbocycles. The van der Waals surface area contributed by atoms with E-state index >= 15 is 0 Å². The summed E-state index contributed by atoms with van der Waals surface area (Å²) in [6, 6.07) is 10.2. The van der Waals surface area contributed by atoms with Gasteiger partial charge in [-0.3, -0.25) is 9.89 Å². The summed E-state index contributed by atoms with van der Waals surface area (Å²) in [6.45, 7) is 4.13. The van der Waals surface area contributed by atoms with Crippen molar-refractivity contribution in [1.82, 2.24) is 10.2 Å². The molecule has 3 N–H and O–H groups in total. The number of carboxylic acids is 1. The lowest BCUT2D eigenvalue weighted by molar-refractivity contribution is -0.136. The van der Waals surface area contributed by atoms with Gasteiger partial charge in [-0.1, -0.05) is 17.7 Å². The summed E-state index contributed by atoms with van der Waals surface area (Å²) in [7, 11) is 0. The first-order valence-electron chi connectivity index (χ1n) is 8.18. The maximum Gasteiger partial charge on any atom is 0.303 e. The third-order valence-corrected chi connectivity index (χ3v) is 4.34. The zero-order chi connectivity index (χ0) is 18.0. The fourth-order valence-electron chi connectivity index (χ4n) is 2.83. The zero-order valence-corrected chi connectivity index (χ0v) is 14.9. The number of benzene rings is 2. The van der Waals surface area contributed by atoms with Crippen molar-refractivity contribution in [2.45, 2.75) is 32.7 Å². The average molecular weight is 358 g/mol. The number of halogens is 1. The minimum absolute atomic E-state index is 0.0525. The molecule has 0 aliphatic heterocycles. The summed E-state index contributed by atoms with van der Waals surface area (Å²) in [6.07, 6.45) is 2.24. The number of rotatable bonds is 6. The SMILES string of the molecule is CC(C)Nc1cc(Cl)c(CCC(=O)O)cc1-c1ccc2[nH]ncc2c1. The summed E-state index contributed by atoms with van der Waals surface area (Å²) in [5.41, 5.74) is 4.77. The molecular formula is C19H20ClN3O2. The first-order chi connectivity index (χ1) is 11.9. The number of fused-ring (bicyclic) bond motifs is 1. The average Bonchev–Trinajstić information content (AvgIpc) is 3.01. The Hall–Kier alpha value is -2.53. The molecule has 0 fully saturated rings. The predicted molar refractivity (Wildman–Crippen MR) is 101 cm³/mol. The number of nitrogens with one attached hydrogen (secondary N) is 2. The van der Waals surface area contributed by atoms with Crippen LogP contribution in [0.4, 0.5) is 5.69 Å². The molecular weight excluding hydrogens is 338 g/mol. The molecule has 130 valence electrons. The Morgan fingerprint density at radius 3 is 2.84 bits per heavy atom. The molecule has 0 radical (unpaired) electrons. The molecule has 0 amide bonds. The number of carboxylic acid groups (broad SMARTS) is 1. The fraction of sp³-hybridized carbons (Fsp3) is 0.263. The standard InChI is InChI=1S/C19H20ClN3O2/c1-11(2)22-18-9-16(20)13(4-6-19(24)25)8-15(18)12-3-5-17-14(7-12)10-21-23-17/h3,5,7-11,22H,4,6H2,1-2H3,(H,21,23)(H,24,25). The molecule has 5 nitrogen and oxygen atoms in total. The van der Waals surface area contributed by atoms with E-state index in [9.17, 15) is 4.79 Å². The summed E-state index contributed by atoms with van der Waals surface area (Å²) >= 11 is 6.39. The highest BCUT2D eigenvalue weighted by Crippen LogP contribution is 2.35. The Labute approximate surface area is 151 Å². The van der Waals surface area contributed by atoms with Gasteiger partial charge in [0.05, 0.1) is 11.7 Å². The third-order valence-electron chi connectivity index (χ3n) is 3.99. The minimum atomic E-state index is -0.832. The second-order valence-corrected chi connectivity index (χ2v) is 6.76. The van der Waals surface area contributed by atoms with Gasteiger partial charge < -0.3 is 10.4 Å². The van der Waals surface area contributed by atoms with Gasteiger partial charge in [0.25, 0.3) is 0 Å². The molecule has 0 spiro atoms. The van der Waals surface area contributed by atoms with Crippen LogP contribution in [0.15, 0.2) is 36.5 Å². The van der Waals surface area contributed by atoms with Gasteiger partial charge in [0.15, 0.2) is 0 Å². The highest BCUT2D eigenvalue weighted by Gasteiger charge is 2.13. The van der Waals surface area contributed by atoms with Crippen molar-refractivity contribution in [1.29, 1.82) is 0 Å². The van der Waals surface area contributed by atoms with E-state index in [1.807, 2.05) is 24.3 Å². The van der Waals surface area contributed by atoms with E-state index in [2.05, 4.69) is 35.4 Å². The normalized spacial score (nSPS) is 11.2. The number of carbonyl (C=O) groups is 1. The number of H-pyrrole nitrogens is 1. The molecule has 2 aromatic carbocycles. The highest BCUT2D eigenvalue weighted by molar-refractivity contribution is 6.31. The molecule has 0 atom stereocenters. The van der Waals surface area contributed by atoms with Crippen molar-refractivity contribution >= 4 is 34.2 Å². The van der Waals surface area contributed by atoms with Crippen molar-refractivity contribution in [3.63, 3.8) is 0 Å². The molecule has 1 heterocycles. The number of aryl methyl sites for hydroxylation is 1. The van der Waals surface area contributed by atoms with Crippen LogP contribution in [-0.4, -0.2) is 27.3 Å². The van der Waals surface area contributed by atoms with Gasteiger partial charge in [-0.15, -0.1) is 0 Å². The van der Waals surface area contributed by atoms with Crippen LogP contribution in [0.3, 0.4) is 0 Å². The van der Waals surface area contributed by atoms with E-state index in [-0.39, 0.29) is 12.5 Å². The number of hydrogen-bond acceptors (Lipinski definition) is 3. The quantitative estimate of drug-likeness (QED) is 0.596. The number of anilines is 1. The second kappa shape index (κ2) is 7.15. The van der Waals surface area contributed by atoms with Crippen molar-refractivity contribution in [3.8, 4) is 11.1 Å². The van der Waals surface area contributed by atoms with E-state index in [4.69, 9.17) is 16.7 Å². The van der Waals surface area contributed by atoms with Gasteiger partial charge in [-0.25, -0.2) is 0 Å². The van der Waals surface area contributed by atoms with Crippen LogP contribution in [0.1, 0.15) is 25.8 Å². The maximum atomic E-state index is 10.9. The van der Waals surface area contributed by atoms with Crippen LogP contribution in [0.5, 0.6) is 0 Å². The van der Waals surface area contributed by atoms with Crippen LogP contribution in [0.2, 0.25) is 5.02 Å². The van der Waals surface area contributed by atoms with E-state index in [0.29, 0.717) is 11.4 Å². The molecule has 0 bridgehead atoms. The van der Waals surface area contributed by atoms with E-state index < -0.39 is 5.97 Å². The van der Waals surface area contributed by atoms with E-state index in [1.165, 1.54) is 0 Å². The maximum absolute atomic E-state index is 10.9. The molecule has 0 unspecified atom stereocenters. The third kappa shape index (κ3) is 3.94. The van der Waals surface area contributed by atoms with Gasteiger partial charge in [0.1, 0.15) is 0 Å². The van der Waals surface area contributed by atoms with Crippen LogP contribution < -0.4 is 5.32 Å². The second-order valence-electron chi connectivity index (χ2n) is 6.35.